The molecule has 0 atom stereocenters. The number of rotatable bonds is 1. The van der Waals surface area contributed by atoms with Gasteiger partial charge in [0.1, 0.15) is 6.33 Å². The summed E-state index contributed by atoms with van der Waals surface area (Å²) in [6.07, 6.45) is 1.54. The van der Waals surface area contributed by atoms with Crippen molar-refractivity contribution in [3.05, 3.63) is 69.7 Å². The molecule has 1 aromatic heterocycles. The normalized spacial score (nSPS) is 10.8. The van der Waals surface area contributed by atoms with E-state index < -0.39 is 0 Å². The van der Waals surface area contributed by atoms with E-state index in [0.29, 0.717) is 15.9 Å². The van der Waals surface area contributed by atoms with Gasteiger partial charge in [0.15, 0.2) is 0 Å². The molecule has 0 bridgehead atoms. The van der Waals surface area contributed by atoms with Crippen LogP contribution >= 0.6 is 11.6 Å². The Balaban J connectivity index is 2.35. The highest BCUT2D eigenvalue weighted by molar-refractivity contribution is 6.31. The average Bonchev–Trinajstić information content (AvgIpc) is 2.43. The van der Waals surface area contributed by atoms with Crippen molar-refractivity contribution in [2.75, 3.05) is 0 Å². The van der Waals surface area contributed by atoms with Crippen LogP contribution < -0.4 is 5.56 Å². The van der Waals surface area contributed by atoms with Crippen molar-refractivity contribution in [1.29, 1.82) is 0 Å². The largest absolute Gasteiger partial charge is 0.268 e. The molecule has 19 heavy (non-hydrogen) atoms. The average molecular weight is 271 g/mol. The summed E-state index contributed by atoms with van der Waals surface area (Å²) >= 11 is 6.10. The van der Waals surface area contributed by atoms with Gasteiger partial charge in [-0.15, -0.1) is 0 Å². The summed E-state index contributed by atoms with van der Waals surface area (Å²) in [6, 6.07) is 12.8. The Morgan fingerprint density at radius 2 is 1.89 bits per heavy atom. The van der Waals surface area contributed by atoms with Gasteiger partial charge in [-0.25, -0.2) is 4.98 Å². The molecule has 0 unspecified atom stereocenters. The third-order valence-corrected chi connectivity index (χ3v) is 3.57. The SMILES string of the molecule is Cc1c(Cl)cccc1-n1cnc2ccccc2c1=O. The lowest BCUT2D eigenvalue weighted by Crippen LogP contribution is -2.19. The first kappa shape index (κ1) is 11.9. The molecule has 0 saturated carbocycles. The van der Waals surface area contributed by atoms with E-state index in [0.717, 1.165) is 11.3 Å². The van der Waals surface area contributed by atoms with E-state index in [4.69, 9.17) is 11.6 Å². The van der Waals surface area contributed by atoms with Crippen molar-refractivity contribution in [3.63, 3.8) is 0 Å². The number of aromatic nitrogens is 2. The van der Waals surface area contributed by atoms with Crippen LogP contribution in [-0.4, -0.2) is 9.55 Å². The minimum absolute atomic E-state index is 0.0871. The Bertz CT molecular complexity index is 824. The fraction of sp³-hybridized carbons (Fsp3) is 0.0667. The molecule has 94 valence electrons. The molecule has 0 N–H and O–H groups in total. The Morgan fingerprint density at radius 1 is 1.11 bits per heavy atom. The number of fused-ring (bicyclic) bond motifs is 1. The first-order valence-electron chi connectivity index (χ1n) is 5.90. The van der Waals surface area contributed by atoms with Crippen molar-refractivity contribution in [1.82, 2.24) is 9.55 Å². The fourth-order valence-electron chi connectivity index (χ4n) is 2.10. The lowest BCUT2D eigenvalue weighted by atomic mass is 10.2. The van der Waals surface area contributed by atoms with Crippen LogP contribution in [0.4, 0.5) is 0 Å². The maximum absolute atomic E-state index is 12.5. The minimum atomic E-state index is -0.0871. The van der Waals surface area contributed by atoms with Crippen molar-refractivity contribution < 1.29 is 0 Å². The fourth-order valence-corrected chi connectivity index (χ4v) is 2.27. The van der Waals surface area contributed by atoms with Crippen molar-refractivity contribution in [2.24, 2.45) is 0 Å². The monoisotopic (exact) mass is 270 g/mol. The van der Waals surface area contributed by atoms with E-state index in [1.165, 1.54) is 4.57 Å². The Labute approximate surface area is 115 Å². The van der Waals surface area contributed by atoms with E-state index in [1.807, 2.05) is 37.3 Å². The predicted molar refractivity (Wildman–Crippen MR) is 77.1 cm³/mol. The number of benzene rings is 2. The third kappa shape index (κ3) is 1.92. The van der Waals surface area contributed by atoms with Gasteiger partial charge in [-0.2, -0.15) is 0 Å². The topological polar surface area (TPSA) is 34.9 Å². The standard InChI is InChI=1S/C15H11ClN2O/c1-10-12(16)6-4-8-14(10)18-9-17-13-7-3-2-5-11(13)15(18)19/h2-9H,1H3. The predicted octanol–water partition coefficient (Wildman–Crippen LogP) is 3.35. The zero-order valence-electron chi connectivity index (χ0n) is 10.3. The molecule has 0 spiro atoms. The molecule has 2 aromatic carbocycles. The highest BCUT2D eigenvalue weighted by atomic mass is 35.5. The van der Waals surface area contributed by atoms with E-state index in [9.17, 15) is 4.79 Å². The molecule has 3 nitrogen and oxygen atoms in total. The van der Waals surface area contributed by atoms with E-state index >= 15 is 0 Å². The number of hydrogen-bond donors (Lipinski definition) is 0. The molecule has 0 fully saturated rings. The van der Waals surface area contributed by atoms with Gasteiger partial charge in [-0.05, 0) is 36.8 Å². The molecule has 3 aromatic rings. The molecule has 4 heteroatoms. The van der Waals surface area contributed by atoms with Gasteiger partial charge in [0.2, 0.25) is 0 Å². The molecule has 3 rings (SSSR count). The number of nitrogens with zero attached hydrogens (tertiary/aromatic N) is 2. The van der Waals surface area contributed by atoms with Gasteiger partial charge < -0.3 is 0 Å². The summed E-state index contributed by atoms with van der Waals surface area (Å²) in [7, 11) is 0. The van der Waals surface area contributed by atoms with Gasteiger partial charge in [0.05, 0.1) is 16.6 Å². The smallest absolute Gasteiger partial charge is 0.265 e. The van der Waals surface area contributed by atoms with E-state index in [1.54, 1.807) is 18.5 Å². The van der Waals surface area contributed by atoms with Crippen molar-refractivity contribution >= 4 is 22.5 Å². The van der Waals surface area contributed by atoms with Crippen LogP contribution in [0, 0.1) is 6.92 Å². The lowest BCUT2D eigenvalue weighted by Gasteiger charge is -2.10. The highest BCUT2D eigenvalue weighted by Gasteiger charge is 2.08. The van der Waals surface area contributed by atoms with Crippen molar-refractivity contribution in [2.45, 2.75) is 6.92 Å². The highest BCUT2D eigenvalue weighted by Crippen LogP contribution is 2.21. The van der Waals surface area contributed by atoms with Gasteiger partial charge >= 0.3 is 0 Å². The molecule has 0 aliphatic heterocycles. The van der Waals surface area contributed by atoms with Crippen LogP contribution in [0.2, 0.25) is 5.02 Å². The quantitative estimate of drug-likeness (QED) is 0.680. The summed E-state index contributed by atoms with van der Waals surface area (Å²) in [5.41, 5.74) is 2.23. The molecule has 0 saturated heterocycles. The minimum Gasteiger partial charge on any atom is -0.268 e. The molecule has 1 heterocycles. The van der Waals surface area contributed by atoms with Gasteiger partial charge in [0.25, 0.3) is 5.56 Å². The molecule has 0 aliphatic rings. The van der Waals surface area contributed by atoms with Crippen LogP contribution in [0.1, 0.15) is 5.56 Å². The van der Waals surface area contributed by atoms with Gasteiger partial charge in [-0.1, -0.05) is 29.8 Å². The zero-order chi connectivity index (χ0) is 13.4. The second kappa shape index (κ2) is 4.52. The van der Waals surface area contributed by atoms with E-state index in [-0.39, 0.29) is 5.56 Å². The molecule has 0 amide bonds. The van der Waals surface area contributed by atoms with E-state index in [2.05, 4.69) is 4.98 Å². The summed E-state index contributed by atoms with van der Waals surface area (Å²) in [6.45, 7) is 1.89. The first-order chi connectivity index (χ1) is 9.18. The zero-order valence-corrected chi connectivity index (χ0v) is 11.1. The number of para-hydroxylation sites is 1. The summed E-state index contributed by atoms with van der Waals surface area (Å²) < 4.78 is 1.53. The second-order valence-corrected chi connectivity index (χ2v) is 4.73. The van der Waals surface area contributed by atoms with Gasteiger partial charge in [0, 0.05) is 5.02 Å². The van der Waals surface area contributed by atoms with Crippen molar-refractivity contribution in [3.8, 4) is 5.69 Å². The van der Waals surface area contributed by atoms with Crippen LogP contribution in [0.25, 0.3) is 16.6 Å². The maximum Gasteiger partial charge on any atom is 0.265 e. The summed E-state index contributed by atoms with van der Waals surface area (Å²) in [5, 5.41) is 1.24. The summed E-state index contributed by atoms with van der Waals surface area (Å²) in [4.78, 5) is 16.8. The lowest BCUT2D eigenvalue weighted by molar-refractivity contribution is 0.953. The number of halogens is 1. The molecular weight excluding hydrogens is 260 g/mol. The Hall–Kier alpha value is -2.13. The molecule has 0 radical (unpaired) electrons. The summed E-state index contributed by atoms with van der Waals surface area (Å²) in [5.74, 6) is 0. The Kier molecular flexibility index (Phi) is 2.84. The number of hydrogen-bond acceptors (Lipinski definition) is 2. The van der Waals surface area contributed by atoms with Crippen LogP contribution in [0.15, 0.2) is 53.6 Å². The third-order valence-electron chi connectivity index (χ3n) is 3.16. The second-order valence-electron chi connectivity index (χ2n) is 4.32. The van der Waals surface area contributed by atoms with Crippen LogP contribution in [0.5, 0.6) is 0 Å². The molecular formula is C15H11ClN2O. The Morgan fingerprint density at radius 3 is 2.74 bits per heavy atom. The van der Waals surface area contributed by atoms with Gasteiger partial charge in [-0.3, -0.25) is 9.36 Å². The first-order valence-corrected chi connectivity index (χ1v) is 6.28. The van der Waals surface area contributed by atoms with Crippen LogP contribution in [-0.2, 0) is 0 Å². The van der Waals surface area contributed by atoms with Crippen LogP contribution in [0.3, 0.4) is 0 Å². The molecule has 0 aliphatic carbocycles. The maximum atomic E-state index is 12.5.